The summed E-state index contributed by atoms with van der Waals surface area (Å²) >= 11 is 0. The van der Waals surface area contributed by atoms with Gasteiger partial charge in [-0.05, 0) is 25.5 Å². The van der Waals surface area contributed by atoms with Crippen molar-refractivity contribution in [2.75, 3.05) is 11.9 Å². The Morgan fingerprint density at radius 1 is 1.24 bits per heavy atom. The Hall–Kier alpha value is -2.05. The van der Waals surface area contributed by atoms with E-state index in [2.05, 4.69) is 15.3 Å². The molecule has 0 radical (unpaired) electrons. The van der Waals surface area contributed by atoms with Crippen LogP contribution in [-0.2, 0) is 0 Å². The highest BCUT2D eigenvalue weighted by Crippen LogP contribution is 2.29. The fourth-order valence-corrected chi connectivity index (χ4v) is 1.69. The Kier molecular flexibility index (Phi) is 4.50. The van der Waals surface area contributed by atoms with Gasteiger partial charge in [0.15, 0.2) is 6.10 Å². The summed E-state index contributed by atoms with van der Waals surface area (Å²) in [6, 6.07) is 6.81. The number of aromatic nitrogens is 2. The Bertz CT molecular complexity index is 616. The highest BCUT2D eigenvalue weighted by Gasteiger charge is 2.38. The number of rotatable bonds is 5. The minimum atomic E-state index is -4.44. The van der Waals surface area contributed by atoms with E-state index in [0.29, 0.717) is 17.4 Å². The van der Waals surface area contributed by atoms with Crippen LogP contribution in [0.2, 0.25) is 0 Å². The third-order valence-electron chi connectivity index (χ3n) is 2.85. The van der Waals surface area contributed by atoms with Crippen LogP contribution in [0, 0.1) is 0 Å². The zero-order chi connectivity index (χ0) is 15.5. The topological polar surface area (TPSA) is 47.0 Å². The lowest BCUT2D eigenvalue weighted by atomic mass is 10.2. The first kappa shape index (κ1) is 15.3. The van der Waals surface area contributed by atoms with Gasteiger partial charge in [0, 0.05) is 6.54 Å². The molecule has 1 heterocycles. The second-order valence-corrected chi connectivity index (χ2v) is 4.60. The molecule has 0 fully saturated rings. The quantitative estimate of drug-likeness (QED) is 0.912. The van der Waals surface area contributed by atoms with Crippen molar-refractivity contribution in [3.8, 4) is 5.88 Å². The summed E-state index contributed by atoms with van der Waals surface area (Å²) in [5.74, 6) is 0.198. The molecule has 0 aliphatic heterocycles. The molecule has 1 aromatic carbocycles. The van der Waals surface area contributed by atoms with Gasteiger partial charge < -0.3 is 10.1 Å². The molecule has 1 atom stereocenters. The van der Waals surface area contributed by atoms with E-state index >= 15 is 0 Å². The molecule has 0 aliphatic rings. The van der Waals surface area contributed by atoms with E-state index in [4.69, 9.17) is 4.74 Å². The number of ether oxygens (including phenoxy) is 1. The maximum Gasteiger partial charge on any atom is 0.425 e. The van der Waals surface area contributed by atoms with E-state index in [1.165, 1.54) is 0 Å². The second kappa shape index (κ2) is 6.15. The van der Waals surface area contributed by atoms with Gasteiger partial charge in [-0.2, -0.15) is 18.2 Å². The van der Waals surface area contributed by atoms with Crippen LogP contribution in [0.25, 0.3) is 10.9 Å². The minimum Gasteiger partial charge on any atom is -0.464 e. The molecule has 0 bridgehead atoms. The Morgan fingerprint density at radius 2 is 1.95 bits per heavy atom. The van der Waals surface area contributed by atoms with Gasteiger partial charge in [-0.1, -0.05) is 19.1 Å². The number of para-hydroxylation sites is 1. The van der Waals surface area contributed by atoms with Crippen molar-refractivity contribution in [3.05, 3.63) is 24.3 Å². The van der Waals surface area contributed by atoms with Gasteiger partial charge in [0.25, 0.3) is 0 Å². The van der Waals surface area contributed by atoms with Gasteiger partial charge in [-0.15, -0.1) is 0 Å². The largest absolute Gasteiger partial charge is 0.464 e. The predicted molar refractivity (Wildman–Crippen MR) is 74.5 cm³/mol. The summed E-state index contributed by atoms with van der Waals surface area (Å²) in [6.07, 6.45) is -5.52. The smallest absolute Gasteiger partial charge is 0.425 e. The number of anilines is 1. The van der Waals surface area contributed by atoms with Crippen LogP contribution < -0.4 is 10.1 Å². The van der Waals surface area contributed by atoms with Crippen molar-refractivity contribution in [3.63, 3.8) is 0 Å². The Labute approximate surface area is 120 Å². The number of halogens is 3. The molecule has 0 amide bonds. The molecule has 1 N–H and O–H groups in total. The van der Waals surface area contributed by atoms with E-state index < -0.39 is 12.3 Å². The molecule has 7 heteroatoms. The highest BCUT2D eigenvalue weighted by molar-refractivity contribution is 5.84. The molecule has 0 saturated heterocycles. The van der Waals surface area contributed by atoms with Crippen molar-refractivity contribution in [2.24, 2.45) is 0 Å². The molecule has 4 nitrogen and oxygen atoms in total. The van der Waals surface area contributed by atoms with E-state index in [1.54, 1.807) is 24.3 Å². The number of nitrogens with one attached hydrogen (secondary N) is 1. The summed E-state index contributed by atoms with van der Waals surface area (Å²) < 4.78 is 43.0. The molecule has 0 spiro atoms. The third kappa shape index (κ3) is 3.74. The van der Waals surface area contributed by atoms with Gasteiger partial charge in [0.1, 0.15) is 0 Å². The molecule has 0 aliphatic carbocycles. The number of fused-ring (bicyclic) bond motifs is 1. The van der Waals surface area contributed by atoms with Gasteiger partial charge in [-0.25, -0.2) is 4.98 Å². The van der Waals surface area contributed by atoms with Crippen molar-refractivity contribution in [1.82, 2.24) is 9.97 Å². The van der Waals surface area contributed by atoms with Crippen LogP contribution in [0.1, 0.15) is 20.3 Å². The van der Waals surface area contributed by atoms with Crippen LogP contribution in [0.5, 0.6) is 5.88 Å². The maximum atomic E-state index is 12.7. The summed E-state index contributed by atoms with van der Waals surface area (Å²) in [7, 11) is 0. The molecule has 1 unspecified atom stereocenters. The van der Waals surface area contributed by atoms with Crippen molar-refractivity contribution in [1.29, 1.82) is 0 Å². The number of benzene rings is 1. The standard InChI is InChI=1S/C14H16F3N3O/c1-3-8-18-13-19-11-7-5-4-6-10(11)12(20-13)21-9(2)14(15,16)17/h4-7,9H,3,8H2,1-2H3,(H,18,19,20). The van der Waals surface area contributed by atoms with Crippen LogP contribution in [0.4, 0.5) is 19.1 Å². The SMILES string of the molecule is CCCNc1nc(OC(C)C(F)(F)F)c2ccccc2n1. The first-order chi connectivity index (χ1) is 9.91. The van der Waals surface area contributed by atoms with E-state index in [-0.39, 0.29) is 11.8 Å². The van der Waals surface area contributed by atoms with Crippen molar-refractivity contribution < 1.29 is 17.9 Å². The van der Waals surface area contributed by atoms with E-state index in [0.717, 1.165) is 13.3 Å². The van der Waals surface area contributed by atoms with Crippen LogP contribution in [0.15, 0.2) is 24.3 Å². The van der Waals surface area contributed by atoms with Gasteiger partial charge in [-0.3, -0.25) is 0 Å². The summed E-state index contributed by atoms with van der Waals surface area (Å²) in [6.45, 7) is 3.56. The average Bonchev–Trinajstić information content (AvgIpc) is 2.44. The van der Waals surface area contributed by atoms with Gasteiger partial charge in [0.05, 0.1) is 10.9 Å². The fourth-order valence-electron chi connectivity index (χ4n) is 1.69. The average molecular weight is 299 g/mol. The number of hydrogen-bond donors (Lipinski definition) is 1. The molecule has 2 aromatic rings. The monoisotopic (exact) mass is 299 g/mol. The van der Waals surface area contributed by atoms with Gasteiger partial charge >= 0.3 is 6.18 Å². The second-order valence-electron chi connectivity index (χ2n) is 4.60. The molecule has 2 rings (SSSR count). The van der Waals surface area contributed by atoms with Gasteiger partial charge in [0.2, 0.25) is 11.8 Å². The number of hydrogen-bond acceptors (Lipinski definition) is 4. The van der Waals surface area contributed by atoms with Crippen LogP contribution in [-0.4, -0.2) is 28.8 Å². The Balaban J connectivity index is 2.39. The predicted octanol–water partition coefficient (Wildman–Crippen LogP) is 3.78. The molecule has 1 aromatic heterocycles. The lowest BCUT2D eigenvalue weighted by Gasteiger charge is -2.18. The van der Waals surface area contributed by atoms with Crippen molar-refractivity contribution in [2.45, 2.75) is 32.5 Å². The van der Waals surface area contributed by atoms with E-state index in [1.807, 2.05) is 6.92 Å². The normalized spacial score (nSPS) is 13.2. The van der Waals surface area contributed by atoms with E-state index in [9.17, 15) is 13.2 Å². The minimum absolute atomic E-state index is 0.0657. The zero-order valence-corrected chi connectivity index (χ0v) is 11.7. The first-order valence-corrected chi connectivity index (χ1v) is 6.66. The van der Waals surface area contributed by atoms with Crippen LogP contribution in [0.3, 0.4) is 0 Å². The fraction of sp³-hybridized carbons (Fsp3) is 0.429. The lowest BCUT2D eigenvalue weighted by Crippen LogP contribution is -2.31. The molecule has 114 valence electrons. The zero-order valence-electron chi connectivity index (χ0n) is 11.7. The third-order valence-corrected chi connectivity index (χ3v) is 2.85. The van der Waals surface area contributed by atoms with Crippen LogP contribution >= 0.6 is 0 Å². The summed E-state index contributed by atoms with van der Waals surface area (Å²) in [5, 5.41) is 3.41. The van der Waals surface area contributed by atoms with Crippen molar-refractivity contribution >= 4 is 16.9 Å². The maximum absolute atomic E-state index is 12.7. The number of nitrogens with zero attached hydrogens (tertiary/aromatic N) is 2. The molecular formula is C14H16F3N3O. The molecular weight excluding hydrogens is 283 g/mol. The summed E-state index contributed by atoms with van der Waals surface area (Å²) in [4.78, 5) is 8.31. The number of alkyl halides is 3. The lowest BCUT2D eigenvalue weighted by molar-refractivity contribution is -0.189. The first-order valence-electron chi connectivity index (χ1n) is 6.66. The Morgan fingerprint density at radius 3 is 2.62 bits per heavy atom. The summed E-state index contributed by atoms with van der Waals surface area (Å²) in [5.41, 5.74) is 0.537. The highest BCUT2D eigenvalue weighted by atomic mass is 19.4. The molecule has 21 heavy (non-hydrogen) atoms. The molecule has 0 saturated carbocycles.